The minimum absolute atomic E-state index is 0.0244. The fourth-order valence-corrected chi connectivity index (χ4v) is 1.25. The standard InChI is InChI=1S/C11H17FN2O3/c1-6(11(2,3)4)5-14-9(16)7(12)8(15)13-10(14)17/h6,16H,5H2,1-4H3,(H,13,15,17). The fourth-order valence-electron chi connectivity index (χ4n) is 1.25. The zero-order valence-corrected chi connectivity index (χ0v) is 10.4. The summed E-state index contributed by atoms with van der Waals surface area (Å²) >= 11 is 0. The molecule has 1 aromatic heterocycles. The van der Waals surface area contributed by atoms with Gasteiger partial charge in [0.2, 0.25) is 11.7 Å². The molecule has 0 aliphatic rings. The summed E-state index contributed by atoms with van der Waals surface area (Å²) in [5.41, 5.74) is -2.10. The summed E-state index contributed by atoms with van der Waals surface area (Å²) in [4.78, 5) is 24.2. The van der Waals surface area contributed by atoms with E-state index >= 15 is 0 Å². The summed E-state index contributed by atoms with van der Waals surface area (Å²) in [5.74, 6) is -2.21. The second-order valence-electron chi connectivity index (χ2n) is 5.27. The van der Waals surface area contributed by atoms with Gasteiger partial charge in [-0.15, -0.1) is 0 Å². The van der Waals surface area contributed by atoms with Gasteiger partial charge in [-0.2, -0.15) is 4.39 Å². The van der Waals surface area contributed by atoms with Crippen LogP contribution in [0.25, 0.3) is 0 Å². The van der Waals surface area contributed by atoms with Gasteiger partial charge in [0, 0.05) is 6.54 Å². The van der Waals surface area contributed by atoms with E-state index in [0.29, 0.717) is 0 Å². The highest BCUT2D eigenvalue weighted by Gasteiger charge is 2.23. The number of hydrogen-bond acceptors (Lipinski definition) is 3. The lowest BCUT2D eigenvalue weighted by atomic mass is 9.82. The van der Waals surface area contributed by atoms with Gasteiger partial charge in [-0.05, 0) is 11.3 Å². The lowest BCUT2D eigenvalue weighted by molar-refractivity contribution is 0.217. The third kappa shape index (κ3) is 2.75. The van der Waals surface area contributed by atoms with Crippen LogP contribution in [0.1, 0.15) is 27.7 Å². The molecule has 0 aliphatic carbocycles. The molecule has 1 unspecified atom stereocenters. The molecule has 0 aliphatic heterocycles. The van der Waals surface area contributed by atoms with Gasteiger partial charge in [-0.25, -0.2) is 4.79 Å². The summed E-state index contributed by atoms with van der Waals surface area (Å²) < 4.78 is 14.0. The maximum absolute atomic E-state index is 13.2. The molecule has 1 rings (SSSR count). The van der Waals surface area contributed by atoms with Crippen molar-refractivity contribution in [3.8, 4) is 5.88 Å². The molecule has 6 heteroatoms. The van der Waals surface area contributed by atoms with Crippen LogP contribution in [0.4, 0.5) is 4.39 Å². The minimum Gasteiger partial charge on any atom is -0.492 e. The molecule has 0 bridgehead atoms. The molecule has 0 saturated carbocycles. The zero-order valence-electron chi connectivity index (χ0n) is 10.4. The van der Waals surface area contributed by atoms with Crippen molar-refractivity contribution in [1.29, 1.82) is 0 Å². The highest BCUT2D eigenvalue weighted by atomic mass is 19.1. The third-order valence-corrected chi connectivity index (χ3v) is 3.05. The van der Waals surface area contributed by atoms with E-state index in [2.05, 4.69) is 0 Å². The normalized spacial score (nSPS) is 13.7. The van der Waals surface area contributed by atoms with Crippen LogP contribution in [0.5, 0.6) is 5.88 Å². The second-order valence-corrected chi connectivity index (χ2v) is 5.27. The van der Waals surface area contributed by atoms with E-state index < -0.39 is 22.9 Å². The summed E-state index contributed by atoms with van der Waals surface area (Å²) in [6, 6.07) is 0. The van der Waals surface area contributed by atoms with Crippen molar-refractivity contribution in [3.63, 3.8) is 0 Å². The second kappa shape index (κ2) is 4.35. The van der Waals surface area contributed by atoms with E-state index in [0.717, 1.165) is 4.57 Å². The molecule has 0 aromatic carbocycles. The Bertz CT molecular complexity index is 525. The molecule has 2 N–H and O–H groups in total. The average Bonchev–Trinajstić information content (AvgIpc) is 2.19. The number of aromatic hydroxyl groups is 1. The first-order valence-corrected chi connectivity index (χ1v) is 5.36. The minimum atomic E-state index is -1.33. The van der Waals surface area contributed by atoms with Crippen LogP contribution in [0.2, 0.25) is 0 Å². The van der Waals surface area contributed by atoms with Gasteiger partial charge < -0.3 is 5.11 Å². The molecule has 1 heterocycles. The number of rotatable bonds is 2. The Labute approximate surface area is 97.9 Å². The maximum Gasteiger partial charge on any atom is 0.331 e. The lowest BCUT2D eigenvalue weighted by Gasteiger charge is -2.27. The summed E-state index contributed by atoms with van der Waals surface area (Å²) in [6.45, 7) is 7.95. The van der Waals surface area contributed by atoms with E-state index in [1.165, 1.54) is 0 Å². The van der Waals surface area contributed by atoms with Gasteiger partial charge in [-0.1, -0.05) is 27.7 Å². The fraction of sp³-hybridized carbons (Fsp3) is 0.636. The summed E-state index contributed by atoms with van der Waals surface area (Å²) in [6.07, 6.45) is 0. The monoisotopic (exact) mass is 244 g/mol. The molecule has 1 atom stereocenters. The Morgan fingerprint density at radius 3 is 2.41 bits per heavy atom. The topological polar surface area (TPSA) is 75.1 Å². The van der Waals surface area contributed by atoms with Crippen LogP contribution >= 0.6 is 0 Å². The van der Waals surface area contributed by atoms with Gasteiger partial charge in [0.05, 0.1) is 0 Å². The van der Waals surface area contributed by atoms with E-state index in [-0.39, 0.29) is 17.9 Å². The number of nitrogens with one attached hydrogen (secondary N) is 1. The summed E-state index contributed by atoms with van der Waals surface area (Å²) in [7, 11) is 0. The third-order valence-electron chi connectivity index (χ3n) is 3.05. The zero-order chi connectivity index (χ0) is 13.4. The molecule has 0 amide bonds. The molecule has 5 nitrogen and oxygen atoms in total. The molecule has 96 valence electrons. The Balaban J connectivity index is 3.21. The largest absolute Gasteiger partial charge is 0.492 e. The Hall–Kier alpha value is -1.59. The Morgan fingerprint density at radius 2 is 1.94 bits per heavy atom. The first kappa shape index (κ1) is 13.5. The quantitative estimate of drug-likeness (QED) is 0.817. The van der Waals surface area contributed by atoms with Gasteiger partial charge in [0.25, 0.3) is 5.56 Å². The molecule has 0 fully saturated rings. The van der Waals surface area contributed by atoms with Crippen molar-refractivity contribution in [1.82, 2.24) is 9.55 Å². The van der Waals surface area contributed by atoms with Crippen LogP contribution in [-0.4, -0.2) is 14.7 Å². The van der Waals surface area contributed by atoms with Gasteiger partial charge in [-0.3, -0.25) is 14.3 Å². The van der Waals surface area contributed by atoms with Crippen LogP contribution < -0.4 is 11.2 Å². The van der Waals surface area contributed by atoms with E-state index in [4.69, 9.17) is 0 Å². The van der Waals surface area contributed by atoms with E-state index in [9.17, 15) is 19.1 Å². The van der Waals surface area contributed by atoms with Gasteiger partial charge in [0.1, 0.15) is 0 Å². The van der Waals surface area contributed by atoms with Crippen LogP contribution in [0.3, 0.4) is 0 Å². The highest BCUT2D eigenvalue weighted by molar-refractivity contribution is 5.09. The van der Waals surface area contributed by atoms with Gasteiger partial charge >= 0.3 is 5.69 Å². The SMILES string of the molecule is CC(Cn1c(O)c(F)c(=O)[nH]c1=O)C(C)(C)C. The number of H-pyrrole nitrogens is 1. The molecule has 17 heavy (non-hydrogen) atoms. The van der Waals surface area contributed by atoms with E-state index in [1.54, 1.807) is 0 Å². The first-order chi connectivity index (χ1) is 7.64. The molecule has 0 radical (unpaired) electrons. The highest BCUT2D eigenvalue weighted by Crippen LogP contribution is 2.27. The smallest absolute Gasteiger partial charge is 0.331 e. The predicted octanol–water partition coefficient (Wildman–Crippen LogP) is 1.06. The van der Waals surface area contributed by atoms with Crippen molar-refractivity contribution in [2.24, 2.45) is 11.3 Å². The lowest BCUT2D eigenvalue weighted by Crippen LogP contribution is -2.35. The predicted molar refractivity (Wildman–Crippen MR) is 61.6 cm³/mol. The number of hydrogen-bond donors (Lipinski definition) is 2. The average molecular weight is 244 g/mol. The first-order valence-electron chi connectivity index (χ1n) is 5.36. The van der Waals surface area contributed by atoms with Crippen molar-refractivity contribution >= 4 is 0 Å². The Kier molecular flexibility index (Phi) is 3.45. The van der Waals surface area contributed by atoms with Crippen LogP contribution in [-0.2, 0) is 6.54 Å². The van der Waals surface area contributed by atoms with Crippen molar-refractivity contribution in [3.05, 3.63) is 26.7 Å². The Morgan fingerprint density at radius 1 is 1.41 bits per heavy atom. The number of halogens is 1. The summed E-state index contributed by atoms with van der Waals surface area (Å²) in [5, 5.41) is 9.44. The van der Waals surface area contributed by atoms with Gasteiger partial charge in [0.15, 0.2) is 0 Å². The molecular formula is C11H17FN2O3. The van der Waals surface area contributed by atoms with Crippen LogP contribution in [0, 0.1) is 17.2 Å². The molecule has 0 saturated heterocycles. The maximum atomic E-state index is 13.2. The molecular weight excluding hydrogens is 227 g/mol. The number of aromatic amines is 1. The van der Waals surface area contributed by atoms with E-state index in [1.807, 2.05) is 32.7 Å². The van der Waals surface area contributed by atoms with Crippen molar-refractivity contribution in [2.45, 2.75) is 34.2 Å². The number of nitrogens with zero attached hydrogens (tertiary/aromatic N) is 1. The molecule has 0 spiro atoms. The van der Waals surface area contributed by atoms with Crippen LogP contribution in [0.15, 0.2) is 9.59 Å². The molecule has 1 aromatic rings. The van der Waals surface area contributed by atoms with Crippen molar-refractivity contribution < 1.29 is 9.50 Å². The van der Waals surface area contributed by atoms with Crippen molar-refractivity contribution in [2.75, 3.05) is 0 Å². The number of aromatic nitrogens is 2.